The Labute approximate surface area is 121 Å². The lowest BCUT2D eigenvalue weighted by atomic mass is 10.1. The van der Waals surface area contributed by atoms with Crippen molar-refractivity contribution in [2.45, 2.75) is 31.2 Å². The summed E-state index contributed by atoms with van der Waals surface area (Å²) >= 11 is 0. The molecule has 0 spiro atoms. The van der Waals surface area contributed by atoms with Crippen LogP contribution in [0.3, 0.4) is 0 Å². The van der Waals surface area contributed by atoms with Crippen molar-refractivity contribution in [3.8, 4) is 0 Å². The van der Waals surface area contributed by atoms with E-state index in [4.69, 9.17) is 5.73 Å². The summed E-state index contributed by atoms with van der Waals surface area (Å²) in [6, 6.07) is 3.82. The minimum atomic E-state index is -3.46. The van der Waals surface area contributed by atoms with E-state index >= 15 is 0 Å². The van der Waals surface area contributed by atoms with Crippen LogP contribution in [0.4, 0.5) is 5.69 Å². The SMILES string of the molecule is Cc1ccc(N)c(C)c1S(=O)(=O)N1CCC(N(C)C)C1. The van der Waals surface area contributed by atoms with Gasteiger partial charge in [0.15, 0.2) is 0 Å². The minimum Gasteiger partial charge on any atom is -0.398 e. The van der Waals surface area contributed by atoms with Gasteiger partial charge in [0.2, 0.25) is 10.0 Å². The summed E-state index contributed by atoms with van der Waals surface area (Å²) < 4.78 is 27.3. The van der Waals surface area contributed by atoms with Crippen molar-refractivity contribution in [3.05, 3.63) is 23.3 Å². The number of anilines is 1. The monoisotopic (exact) mass is 297 g/mol. The normalized spacial score (nSPS) is 20.8. The van der Waals surface area contributed by atoms with Crippen molar-refractivity contribution < 1.29 is 8.42 Å². The first-order valence-electron chi connectivity index (χ1n) is 6.77. The lowest BCUT2D eigenvalue weighted by Crippen LogP contribution is -2.35. The van der Waals surface area contributed by atoms with Gasteiger partial charge >= 0.3 is 0 Å². The quantitative estimate of drug-likeness (QED) is 0.852. The maximum atomic E-state index is 12.8. The summed E-state index contributed by atoms with van der Waals surface area (Å²) in [7, 11) is 0.506. The third-order valence-electron chi connectivity index (χ3n) is 4.10. The molecule has 1 aromatic rings. The number of nitrogens with zero attached hydrogens (tertiary/aromatic N) is 2. The molecule has 1 fully saturated rings. The highest BCUT2D eigenvalue weighted by Crippen LogP contribution is 2.30. The van der Waals surface area contributed by atoms with E-state index in [1.807, 2.05) is 21.0 Å². The van der Waals surface area contributed by atoms with E-state index in [0.717, 1.165) is 12.0 Å². The van der Waals surface area contributed by atoms with Gasteiger partial charge in [-0.05, 0) is 51.6 Å². The third-order valence-corrected chi connectivity index (χ3v) is 6.25. The van der Waals surface area contributed by atoms with Crippen molar-refractivity contribution in [3.63, 3.8) is 0 Å². The highest BCUT2D eigenvalue weighted by atomic mass is 32.2. The third kappa shape index (κ3) is 2.55. The van der Waals surface area contributed by atoms with Crippen LogP contribution >= 0.6 is 0 Å². The zero-order valence-corrected chi connectivity index (χ0v) is 13.4. The number of benzene rings is 1. The molecular weight excluding hydrogens is 274 g/mol. The molecular formula is C14H23N3O2S. The van der Waals surface area contributed by atoms with E-state index in [1.165, 1.54) is 0 Å². The van der Waals surface area contributed by atoms with Crippen LogP contribution in [0.25, 0.3) is 0 Å². The Morgan fingerprint density at radius 1 is 1.30 bits per heavy atom. The Morgan fingerprint density at radius 2 is 1.95 bits per heavy atom. The highest BCUT2D eigenvalue weighted by molar-refractivity contribution is 7.89. The number of sulfonamides is 1. The second-order valence-corrected chi connectivity index (χ2v) is 7.57. The van der Waals surface area contributed by atoms with Gasteiger partial charge in [-0.25, -0.2) is 8.42 Å². The van der Waals surface area contributed by atoms with Gasteiger partial charge in [-0.2, -0.15) is 4.31 Å². The number of likely N-dealkylation sites (N-methyl/N-ethyl adjacent to an activating group) is 1. The fraction of sp³-hybridized carbons (Fsp3) is 0.571. The molecule has 2 N–H and O–H groups in total. The first kappa shape index (κ1) is 15.3. The van der Waals surface area contributed by atoms with Gasteiger partial charge in [0, 0.05) is 24.8 Å². The number of nitrogens with two attached hydrogens (primary N) is 1. The van der Waals surface area contributed by atoms with Gasteiger partial charge in [-0.15, -0.1) is 0 Å². The summed E-state index contributed by atoms with van der Waals surface area (Å²) in [5, 5.41) is 0. The van der Waals surface area contributed by atoms with Crippen LogP contribution in [0.1, 0.15) is 17.5 Å². The maximum Gasteiger partial charge on any atom is 0.243 e. The Balaban J connectivity index is 2.40. The molecule has 20 heavy (non-hydrogen) atoms. The van der Waals surface area contributed by atoms with Gasteiger partial charge in [0.05, 0.1) is 4.90 Å². The zero-order valence-electron chi connectivity index (χ0n) is 12.5. The van der Waals surface area contributed by atoms with Crippen molar-refractivity contribution >= 4 is 15.7 Å². The summed E-state index contributed by atoms with van der Waals surface area (Å²) in [5.74, 6) is 0. The molecule has 0 aliphatic carbocycles. The fourth-order valence-corrected chi connectivity index (χ4v) is 4.67. The topological polar surface area (TPSA) is 66.6 Å². The average Bonchev–Trinajstić information content (AvgIpc) is 2.84. The van der Waals surface area contributed by atoms with Gasteiger partial charge in [-0.1, -0.05) is 6.07 Å². The molecule has 1 heterocycles. The first-order chi connectivity index (χ1) is 9.25. The summed E-state index contributed by atoms with van der Waals surface area (Å²) in [4.78, 5) is 2.45. The molecule has 0 saturated carbocycles. The standard InChI is InChI=1S/C14H23N3O2S/c1-10-5-6-13(15)11(2)14(10)20(18,19)17-8-7-12(9-17)16(3)4/h5-6,12H,7-9,15H2,1-4H3. The van der Waals surface area contributed by atoms with Gasteiger partial charge in [0.25, 0.3) is 0 Å². The Hall–Kier alpha value is -1.11. The molecule has 5 nitrogen and oxygen atoms in total. The van der Waals surface area contributed by atoms with Crippen LogP contribution in [0.2, 0.25) is 0 Å². The second kappa shape index (κ2) is 5.35. The fourth-order valence-electron chi connectivity index (χ4n) is 2.72. The number of nitrogen functional groups attached to an aromatic ring is 1. The molecule has 112 valence electrons. The van der Waals surface area contributed by atoms with E-state index < -0.39 is 10.0 Å². The lowest BCUT2D eigenvalue weighted by Gasteiger charge is -2.22. The van der Waals surface area contributed by atoms with E-state index in [-0.39, 0.29) is 6.04 Å². The van der Waals surface area contributed by atoms with Gasteiger partial charge in [-0.3, -0.25) is 0 Å². The molecule has 0 amide bonds. The molecule has 1 aliphatic heterocycles. The van der Waals surface area contributed by atoms with Crippen LogP contribution in [0.15, 0.2) is 17.0 Å². The van der Waals surface area contributed by atoms with Crippen LogP contribution in [-0.4, -0.2) is 50.8 Å². The predicted molar refractivity (Wildman–Crippen MR) is 81.2 cm³/mol. The van der Waals surface area contributed by atoms with Gasteiger partial charge < -0.3 is 10.6 Å². The van der Waals surface area contributed by atoms with Crippen molar-refractivity contribution in [2.24, 2.45) is 0 Å². The van der Waals surface area contributed by atoms with Crippen LogP contribution in [0, 0.1) is 13.8 Å². The van der Waals surface area contributed by atoms with E-state index in [2.05, 4.69) is 4.90 Å². The predicted octanol–water partition coefficient (Wildman–Crippen LogP) is 1.21. The molecule has 1 saturated heterocycles. The molecule has 2 rings (SSSR count). The van der Waals surface area contributed by atoms with Gasteiger partial charge in [0.1, 0.15) is 0 Å². The number of hydrogen-bond donors (Lipinski definition) is 1. The van der Waals surface area contributed by atoms with E-state index in [1.54, 1.807) is 23.4 Å². The zero-order chi connectivity index (χ0) is 15.1. The second-order valence-electron chi connectivity index (χ2n) is 5.69. The van der Waals surface area contributed by atoms with Crippen molar-refractivity contribution in [1.29, 1.82) is 0 Å². The van der Waals surface area contributed by atoms with E-state index in [9.17, 15) is 8.42 Å². The van der Waals surface area contributed by atoms with Crippen molar-refractivity contribution in [2.75, 3.05) is 32.9 Å². The minimum absolute atomic E-state index is 0.284. The lowest BCUT2D eigenvalue weighted by molar-refractivity contribution is 0.302. The smallest absolute Gasteiger partial charge is 0.243 e. The van der Waals surface area contributed by atoms with E-state index in [0.29, 0.717) is 29.2 Å². The number of rotatable bonds is 3. The maximum absolute atomic E-state index is 12.8. The molecule has 0 radical (unpaired) electrons. The largest absolute Gasteiger partial charge is 0.398 e. The summed E-state index contributed by atoms with van der Waals surface area (Å²) in [6.45, 7) is 4.70. The highest BCUT2D eigenvalue weighted by Gasteiger charge is 2.35. The van der Waals surface area contributed by atoms with Crippen LogP contribution in [-0.2, 0) is 10.0 Å². The molecule has 1 unspecified atom stereocenters. The number of aryl methyl sites for hydroxylation is 1. The van der Waals surface area contributed by atoms with Crippen LogP contribution in [0.5, 0.6) is 0 Å². The summed E-state index contributed by atoms with van der Waals surface area (Å²) in [6.07, 6.45) is 0.868. The summed E-state index contributed by atoms with van der Waals surface area (Å²) in [5.41, 5.74) is 7.80. The molecule has 6 heteroatoms. The molecule has 1 atom stereocenters. The van der Waals surface area contributed by atoms with Crippen molar-refractivity contribution in [1.82, 2.24) is 9.21 Å². The van der Waals surface area contributed by atoms with Crippen LogP contribution < -0.4 is 5.73 Å². The molecule has 1 aromatic carbocycles. The molecule has 0 bridgehead atoms. The Morgan fingerprint density at radius 3 is 2.50 bits per heavy atom. The number of hydrogen-bond acceptors (Lipinski definition) is 4. The average molecular weight is 297 g/mol. The Kier molecular flexibility index (Phi) is 4.09. The Bertz CT molecular complexity index is 611. The first-order valence-corrected chi connectivity index (χ1v) is 8.21. The molecule has 1 aliphatic rings. The molecule has 0 aromatic heterocycles.